The molecular weight excluding hydrogens is 282 g/mol. The monoisotopic (exact) mass is 301 g/mol. The van der Waals surface area contributed by atoms with Crippen LogP contribution in [0.2, 0.25) is 0 Å². The van der Waals surface area contributed by atoms with E-state index >= 15 is 0 Å². The van der Waals surface area contributed by atoms with Crippen molar-refractivity contribution in [2.24, 2.45) is 0 Å². The molecule has 0 aromatic carbocycles. The Kier molecular flexibility index (Phi) is 3.33. The molecular formula is C16H19N3O3. The number of rotatable bonds is 1. The van der Waals surface area contributed by atoms with Gasteiger partial charge in [0.25, 0.3) is 11.6 Å². The van der Waals surface area contributed by atoms with Gasteiger partial charge in [-0.25, -0.2) is 4.98 Å². The number of morpholine rings is 1. The number of pyridine rings is 1. The second-order valence-corrected chi connectivity index (χ2v) is 6.10. The van der Waals surface area contributed by atoms with Crippen LogP contribution in [0.3, 0.4) is 0 Å². The number of hydrogen-bond acceptors (Lipinski definition) is 5. The second kappa shape index (κ2) is 5.35. The fraction of sp³-hybridized carbons (Fsp3) is 0.562. The highest BCUT2D eigenvalue weighted by Gasteiger charge is 2.37. The van der Waals surface area contributed by atoms with E-state index in [0.29, 0.717) is 24.4 Å². The molecule has 0 spiro atoms. The number of fused-ring (bicyclic) bond motifs is 2. The third-order valence-electron chi connectivity index (χ3n) is 4.75. The lowest BCUT2D eigenvalue weighted by Crippen LogP contribution is -2.54. The highest BCUT2D eigenvalue weighted by atomic mass is 16.5. The molecule has 4 rings (SSSR count). The van der Waals surface area contributed by atoms with Gasteiger partial charge < -0.3 is 14.2 Å². The van der Waals surface area contributed by atoms with Gasteiger partial charge in [0.2, 0.25) is 0 Å². The second-order valence-electron chi connectivity index (χ2n) is 6.10. The van der Waals surface area contributed by atoms with Gasteiger partial charge in [-0.1, -0.05) is 18.0 Å². The number of amides is 1. The first kappa shape index (κ1) is 13.7. The van der Waals surface area contributed by atoms with Crippen molar-refractivity contribution in [3.8, 4) is 0 Å². The van der Waals surface area contributed by atoms with Crippen molar-refractivity contribution in [2.45, 2.75) is 44.8 Å². The van der Waals surface area contributed by atoms with Crippen LogP contribution in [0.1, 0.15) is 41.7 Å². The molecule has 116 valence electrons. The topological polar surface area (TPSA) is 68.5 Å². The predicted molar refractivity (Wildman–Crippen MR) is 79.6 cm³/mol. The summed E-state index contributed by atoms with van der Waals surface area (Å²) in [5, 5.41) is 4.70. The van der Waals surface area contributed by atoms with E-state index in [1.54, 1.807) is 6.20 Å². The van der Waals surface area contributed by atoms with E-state index in [1.807, 2.05) is 17.9 Å². The van der Waals surface area contributed by atoms with Crippen LogP contribution in [-0.4, -0.2) is 46.2 Å². The SMILES string of the molecule is Cc1noc2ncc(C(=O)N3CCOC4CCCCC43)cc12. The van der Waals surface area contributed by atoms with Crippen molar-refractivity contribution >= 4 is 17.0 Å². The predicted octanol–water partition coefficient (Wildman–Crippen LogP) is 2.31. The van der Waals surface area contributed by atoms with E-state index in [4.69, 9.17) is 9.26 Å². The lowest BCUT2D eigenvalue weighted by Gasteiger charge is -2.43. The van der Waals surface area contributed by atoms with Crippen LogP contribution in [-0.2, 0) is 4.74 Å². The normalized spacial score (nSPS) is 25.2. The summed E-state index contributed by atoms with van der Waals surface area (Å²) in [6, 6.07) is 2.04. The quantitative estimate of drug-likeness (QED) is 0.808. The molecule has 2 aromatic rings. The third kappa shape index (κ3) is 2.18. The van der Waals surface area contributed by atoms with Gasteiger partial charge in [-0.2, -0.15) is 0 Å². The van der Waals surface area contributed by atoms with Crippen molar-refractivity contribution in [1.82, 2.24) is 15.0 Å². The number of ether oxygens (including phenoxy) is 1. The van der Waals surface area contributed by atoms with Crippen molar-refractivity contribution in [3.63, 3.8) is 0 Å². The fourth-order valence-electron chi connectivity index (χ4n) is 3.58. The maximum absolute atomic E-state index is 12.9. The van der Waals surface area contributed by atoms with Crippen LogP contribution in [0.15, 0.2) is 16.8 Å². The van der Waals surface area contributed by atoms with E-state index in [9.17, 15) is 4.79 Å². The number of nitrogens with zero attached hydrogens (tertiary/aromatic N) is 3. The zero-order valence-corrected chi connectivity index (χ0v) is 12.6. The Hall–Kier alpha value is -1.95. The number of hydrogen-bond donors (Lipinski definition) is 0. The van der Waals surface area contributed by atoms with Crippen molar-refractivity contribution in [2.75, 3.05) is 13.2 Å². The Balaban J connectivity index is 1.65. The average molecular weight is 301 g/mol. The van der Waals surface area contributed by atoms with Crippen LogP contribution in [0.25, 0.3) is 11.1 Å². The first-order valence-corrected chi connectivity index (χ1v) is 7.88. The Morgan fingerprint density at radius 2 is 2.23 bits per heavy atom. The number of carbonyl (C=O) groups excluding carboxylic acids is 1. The van der Waals surface area contributed by atoms with E-state index < -0.39 is 0 Å². The molecule has 0 bridgehead atoms. The van der Waals surface area contributed by atoms with Gasteiger partial charge in [0.15, 0.2) is 0 Å². The number of aromatic nitrogens is 2. The molecule has 2 atom stereocenters. The molecule has 2 aliphatic rings. The van der Waals surface area contributed by atoms with Crippen LogP contribution in [0, 0.1) is 6.92 Å². The molecule has 1 aliphatic carbocycles. The van der Waals surface area contributed by atoms with E-state index in [1.165, 1.54) is 6.42 Å². The van der Waals surface area contributed by atoms with Gasteiger partial charge in [-0.05, 0) is 25.8 Å². The average Bonchev–Trinajstić information content (AvgIpc) is 2.94. The lowest BCUT2D eigenvalue weighted by molar-refractivity contribution is -0.0752. The minimum absolute atomic E-state index is 0.0372. The molecule has 0 N–H and O–H groups in total. The zero-order valence-electron chi connectivity index (χ0n) is 12.6. The summed E-state index contributed by atoms with van der Waals surface area (Å²) >= 11 is 0. The van der Waals surface area contributed by atoms with Crippen LogP contribution in [0.5, 0.6) is 0 Å². The highest BCUT2D eigenvalue weighted by Crippen LogP contribution is 2.29. The van der Waals surface area contributed by atoms with Gasteiger partial charge >= 0.3 is 0 Å². The Bertz CT molecular complexity index is 710. The molecule has 2 unspecified atom stereocenters. The first-order valence-electron chi connectivity index (χ1n) is 7.88. The van der Waals surface area contributed by atoms with Gasteiger partial charge in [0.1, 0.15) is 0 Å². The van der Waals surface area contributed by atoms with E-state index in [2.05, 4.69) is 10.1 Å². The fourth-order valence-corrected chi connectivity index (χ4v) is 3.58. The summed E-state index contributed by atoms with van der Waals surface area (Å²) in [6.07, 6.45) is 6.21. The largest absolute Gasteiger partial charge is 0.374 e. The molecule has 1 amide bonds. The van der Waals surface area contributed by atoms with E-state index in [0.717, 1.165) is 30.3 Å². The molecule has 0 radical (unpaired) electrons. The molecule has 1 aliphatic heterocycles. The Labute approximate surface area is 128 Å². The Morgan fingerprint density at radius 3 is 3.14 bits per heavy atom. The third-order valence-corrected chi connectivity index (χ3v) is 4.75. The number of carbonyl (C=O) groups is 1. The van der Waals surface area contributed by atoms with Crippen molar-refractivity contribution in [1.29, 1.82) is 0 Å². The van der Waals surface area contributed by atoms with Crippen LogP contribution >= 0.6 is 0 Å². The van der Waals surface area contributed by atoms with Gasteiger partial charge in [-0.3, -0.25) is 4.79 Å². The summed E-state index contributed by atoms with van der Waals surface area (Å²) in [5.41, 5.74) is 1.84. The van der Waals surface area contributed by atoms with Gasteiger partial charge in [0, 0.05) is 12.7 Å². The minimum atomic E-state index is 0.0372. The molecule has 3 heterocycles. The number of aryl methyl sites for hydroxylation is 1. The summed E-state index contributed by atoms with van der Waals surface area (Å²) in [6.45, 7) is 3.13. The van der Waals surface area contributed by atoms with Crippen molar-refractivity contribution in [3.05, 3.63) is 23.5 Å². The molecule has 6 heteroatoms. The smallest absolute Gasteiger partial charge is 0.257 e. The first-order chi connectivity index (χ1) is 10.7. The lowest BCUT2D eigenvalue weighted by atomic mass is 9.90. The molecule has 6 nitrogen and oxygen atoms in total. The standard InChI is InChI=1S/C16H19N3O3/c1-10-12-8-11(9-17-15(12)22-18-10)16(20)19-6-7-21-14-5-3-2-4-13(14)19/h8-9,13-14H,2-7H2,1H3. The minimum Gasteiger partial charge on any atom is -0.374 e. The maximum atomic E-state index is 12.9. The van der Waals surface area contributed by atoms with Gasteiger partial charge in [0.05, 0.1) is 35.4 Å². The molecule has 2 aromatic heterocycles. The maximum Gasteiger partial charge on any atom is 0.257 e. The summed E-state index contributed by atoms with van der Waals surface area (Å²) < 4.78 is 10.9. The van der Waals surface area contributed by atoms with Crippen LogP contribution in [0.4, 0.5) is 0 Å². The zero-order chi connectivity index (χ0) is 15.1. The Morgan fingerprint density at radius 1 is 1.36 bits per heavy atom. The summed E-state index contributed by atoms with van der Waals surface area (Å²) in [5.74, 6) is 0.0372. The molecule has 22 heavy (non-hydrogen) atoms. The summed E-state index contributed by atoms with van der Waals surface area (Å²) in [4.78, 5) is 19.1. The molecule has 2 fully saturated rings. The molecule has 1 saturated carbocycles. The summed E-state index contributed by atoms with van der Waals surface area (Å²) in [7, 11) is 0. The van der Waals surface area contributed by atoms with E-state index in [-0.39, 0.29) is 18.1 Å². The molecule has 1 saturated heterocycles. The highest BCUT2D eigenvalue weighted by molar-refractivity contribution is 5.97. The van der Waals surface area contributed by atoms with Crippen LogP contribution < -0.4 is 0 Å². The van der Waals surface area contributed by atoms with Crippen molar-refractivity contribution < 1.29 is 14.1 Å². The van der Waals surface area contributed by atoms with Gasteiger partial charge in [-0.15, -0.1) is 0 Å².